The molecule has 0 saturated heterocycles. The quantitative estimate of drug-likeness (QED) is 0.649. The number of phenolic OH excluding ortho intramolecular Hbond substituents is 1. The third kappa shape index (κ3) is 2.85. The highest BCUT2D eigenvalue weighted by atomic mass is 32.2. The molecule has 1 unspecified atom stereocenters. The van der Waals surface area contributed by atoms with E-state index in [0.29, 0.717) is 28.7 Å². The number of carbonyl (C=O) groups is 1. The van der Waals surface area contributed by atoms with E-state index in [9.17, 15) is 14.7 Å². The fourth-order valence-corrected chi connectivity index (χ4v) is 3.30. The van der Waals surface area contributed by atoms with Gasteiger partial charge in [-0.25, -0.2) is 4.98 Å². The molecule has 7 heteroatoms. The molecule has 1 aliphatic rings. The first-order chi connectivity index (χ1) is 10.5. The molecule has 0 spiro atoms. The first kappa shape index (κ1) is 14.6. The monoisotopic (exact) mass is 317 g/mol. The number of phenols is 1. The number of nitrogens with one attached hydrogen (secondary N) is 1. The van der Waals surface area contributed by atoms with Crippen LogP contribution < -0.4 is 10.9 Å². The van der Waals surface area contributed by atoms with Crippen LogP contribution in [0, 0.1) is 12.8 Å². The van der Waals surface area contributed by atoms with Crippen LogP contribution in [0.3, 0.4) is 0 Å². The molecule has 2 heterocycles. The summed E-state index contributed by atoms with van der Waals surface area (Å²) in [5.74, 6) is 0.289. The Hall–Kier alpha value is -2.28. The Bertz CT molecular complexity index is 771. The summed E-state index contributed by atoms with van der Waals surface area (Å²) in [6.45, 7) is 2.05. The van der Waals surface area contributed by atoms with Crippen LogP contribution in [0.2, 0.25) is 0 Å². The maximum Gasteiger partial charge on any atom is 0.257 e. The van der Waals surface area contributed by atoms with Gasteiger partial charge in [-0.2, -0.15) is 0 Å². The van der Waals surface area contributed by atoms with Crippen LogP contribution in [0.15, 0.2) is 40.4 Å². The highest BCUT2D eigenvalue weighted by Crippen LogP contribution is 2.26. The fourth-order valence-electron chi connectivity index (χ4n) is 2.25. The Balaban J connectivity index is 1.76. The molecule has 0 saturated carbocycles. The van der Waals surface area contributed by atoms with Gasteiger partial charge in [0.2, 0.25) is 5.91 Å². The number of hydrogen-bond donors (Lipinski definition) is 2. The molecule has 2 aromatic rings. The number of amides is 1. The van der Waals surface area contributed by atoms with Crippen molar-refractivity contribution in [2.24, 2.45) is 5.92 Å². The second kappa shape index (κ2) is 5.84. The van der Waals surface area contributed by atoms with Crippen LogP contribution in [0.1, 0.15) is 5.56 Å². The predicted octanol–water partition coefficient (Wildman–Crippen LogP) is 1.62. The number of hydrogen-bond acceptors (Lipinski definition) is 5. The predicted molar refractivity (Wildman–Crippen MR) is 84.2 cm³/mol. The normalized spacial score (nSPS) is 16.9. The molecule has 2 N–H and O–H groups in total. The van der Waals surface area contributed by atoms with Crippen molar-refractivity contribution in [2.75, 3.05) is 11.1 Å². The Morgan fingerprint density at radius 3 is 2.86 bits per heavy atom. The second-order valence-corrected chi connectivity index (χ2v) is 6.17. The molecular weight excluding hydrogens is 302 g/mol. The Morgan fingerprint density at radius 1 is 1.41 bits per heavy atom. The number of rotatable bonds is 2. The second-order valence-electron chi connectivity index (χ2n) is 5.18. The van der Waals surface area contributed by atoms with E-state index in [1.807, 2.05) is 0 Å². The third-order valence-electron chi connectivity index (χ3n) is 3.50. The highest BCUT2D eigenvalue weighted by Gasteiger charge is 2.27. The van der Waals surface area contributed by atoms with Gasteiger partial charge < -0.3 is 10.4 Å². The number of fused-ring (bicyclic) bond motifs is 1. The molecule has 22 heavy (non-hydrogen) atoms. The molecule has 0 fully saturated rings. The lowest BCUT2D eigenvalue weighted by Gasteiger charge is -2.24. The first-order valence-corrected chi connectivity index (χ1v) is 7.82. The van der Waals surface area contributed by atoms with Crippen LogP contribution in [0.4, 0.5) is 5.69 Å². The van der Waals surface area contributed by atoms with Gasteiger partial charge in [0.1, 0.15) is 5.75 Å². The number of thioether (sulfide) groups is 1. The molecule has 1 aromatic heterocycles. The average molecular weight is 317 g/mol. The van der Waals surface area contributed by atoms with Gasteiger partial charge in [-0.15, -0.1) is 0 Å². The minimum absolute atomic E-state index is 0.0976. The van der Waals surface area contributed by atoms with Crippen molar-refractivity contribution in [1.29, 1.82) is 0 Å². The molecule has 1 atom stereocenters. The van der Waals surface area contributed by atoms with E-state index in [1.54, 1.807) is 29.8 Å². The van der Waals surface area contributed by atoms with Gasteiger partial charge in [0.15, 0.2) is 5.16 Å². The topological polar surface area (TPSA) is 84.2 Å². The zero-order valence-electron chi connectivity index (χ0n) is 11.9. The SMILES string of the molecule is Cc1cnc2n(c1=O)CC(C(=O)Nc1ccc(O)cc1)CS2. The minimum Gasteiger partial charge on any atom is -0.508 e. The molecule has 6 nitrogen and oxygen atoms in total. The van der Waals surface area contributed by atoms with Crippen LogP contribution in [-0.2, 0) is 11.3 Å². The Morgan fingerprint density at radius 2 is 2.14 bits per heavy atom. The van der Waals surface area contributed by atoms with Crippen molar-refractivity contribution >= 4 is 23.4 Å². The zero-order chi connectivity index (χ0) is 15.7. The molecule has 1 aromatic carbocycles. The van der Waals surface area contributed by atoms with Crippen LogP contribution in [0.5, 0.6) is 5.75 Å². The zero-order valence-corrected chi connectivity index (χ0v) is 12.8. The summed E-state index contributed by atoms with van der Waals surface area (Å²) >= 11 is 1.41. The lowest BCUT2D eigenvalue weighted by molar-refractivity contribution is -0.119. The number of aromatic hydroxyl groups is 1. The van der Waals surface area contributed by atoms with Crippen molar-refractivity contribution in [3.8, 4) is 5.75 Å². The lowest BCUT2D eigenvalue weighted by atomic mass is 10.1. The van der Waals surface area contributed by atoms with E-state index in [4.69, 9.17) is 0 Å². The smallest absolute Gasteiger partial charge is 0.257 e. The average Bonchev–Trinajstić information content (AvgIpc) is 2.53. The molecule has 0 bridgehead atoms. The number of anilines is 1. The number of aromatic nitrogens is 2. The number of aryl methyl sites for hydroxylation is 1. The summed E-state index contributed by atoms with van der Waals surface area (Å²) in [7, 11) is 0. The summed E-state index contributed by atoms with van der Waals surface area (Å²) in [5, 5.41) is 12.7. The first-order valence-electron chi connectivity index (χ1n) is 6.84. The maximum absolute atomic E-state index is 12.3. The van der Waals surface area contributed by atoms with Crippen LogP contribution >= 0.6 is 11.8 Å². The summed E-state index contributed by atoms with van der Waals surface area (Å²) < 4.78 is 1.56. The van der Waals surface area contributed by atoms with E-state index in [2.05, 4.69) is 10.3 Å². The Kier molecular flexibility index (Phi) is 3.89. The van der Waals surface area contributed by atoms with Gasteiger partial charge in [-0.1, -0.05) is 11.8 Å². The molecule has 3 rings (SSSR count). The van der Waals surface area contributed by atoms with Crippen molar-refractivity contribution in [2.45, 2.75) is 18.6 Å². The van der Waals surface area contributed by atoms with E-state index < -0.39 is 0 Å². The van der Waals surface area contributed by atoms with E-state index in [-0.39, 0.29) is 23.1 Å². The highest BCUT2D eigenvalue weighted by molar-refractivity contribution is 7.99. The Labute approximate surface area is 131 Å². The lowest BCUT2D eigenvalue weighted by Crippen LogP contribution is -2.37. The van der Waals surface area contributed by atoms with Crippen LogP contribution in [-0.4, -0.2) is 26.3 Å². The molecule has 0 aliphatic carbocycles. The molecule has 114 valence electrons. The maximum atomic E-state index is 12.3. The fraction of sp³-hybridized carbons (Fsp3) is 0.267. The van der Waals surface area contributed by atoms with Gasteiger partial charge in [-0.05, 0) is 31.2 Å². The van der Waals surface area contributed by atoms with E-state index in [1.165, 1.54) is 23.9 Å². The van der Waals surface area contributed by atoms with E-state index in [0.717, 1.165) is 0 Å². The summed E-state index contributed by atoms with van der Waals surface area (Å²) in [4.78, 5) is 28.7. The van der Waals surface area contributed by atoms with Crippen molar-refractivity contribution in [3.63, 3.8) is 0 Å². The summed E-state index contributed by atoms with van der Waals surface area (Å²) in [6, 6.07) is 6.29. The van der Waals surface area contributed by atoms with Gasteiger partial charge in [0, 0.05) is 29.7 Å². The van der Waals surface area contributed by atoms with Gasteiger partial charge in [-0.3, -0.25) is 14.2 Å². The van der Waals surface area contributed by atoms with Crippen molar-refractivity contribution < 1.29 is 9.90 Å². The summed E-state index contributed by atoms with van der Waals surface area (Å²) in [6.07, 6.45) is 1.57. The third-order valence-corrected chi connectivity index (χ3v) is 4.66. The number of nitrogens with zero attached hydrogens (tertiary/aromatic N) is 2. The molecular formula is C15H15N3O3S. The largest absolute Gasteiger partial charge is 0.508 e. The van der Waals surface area contributed by atoms with Gasteiger partial charge in [0.05, 0.1) is 5.92 Å². The standard InChI is InChI=1S/C15H15N3O3S/c1-9-6-16-15-18(14(9)21)7-10(8-22-15)13(20)17-11-2-4-12(19)5-3-11/h2-6,10,19H,7-8H2,1H3,(H,17,20). The molecule has 1 aliphatic heterocycles. The van der Waals surface area contributed by atoms with Gasteiger partial charge in [0.25, 0.3) is 5.56 Å². The van der Waals surface area contributed by atoms with Gasteiger partial charge >= 0.3 is 0 Å². The van der Waals surface area contributed by atoms with Crippen molar-refractivity contribution in [1.82, 2.24) is 9.55 Å². The molecule has 1 amide bonds. The summed E-state index contributed by atoms with van der Waals surface area (Å²) in [5.41, 5.74) is 1.09. The van der Waals surface area contributed by atoms with Crippen LogP contribution in [0.25, 0.3) is 0 Å². The number of benzene rings is 1. The number of carbonyl (C=O) groups excluding carboxylic acids is 1. The van der Waals surface area contributed by atoms with Crippen molar-refractivity contribution in [3.05, 3.63) is 46.4 Å². The molecule has 0 radical (unpaired) electrons. The van der Waals surface area contributed by atoms with E-state index >= 15 is 0 Å². The minimum atomic E-state index is -0.299.